The van der Waals surface area contributed by atoms with Crippen molar-refractivity contribution >= 4 is 23.4 Å². The van der Waals surface area contributed by atoms with Crippen molar-refractivity contribution in [2.75, 3.05) is 24.6 Å². The fraction of sp³-hybridized carbons (Fsp3) is 0.238. The predicted molar refractivity (Wildman–Crippen MR) is 106 cm³/mol. The Bertz CT molecular complexity index is 936. The van der Waals surface area contributed by atoms with Gasteiger partial charge in [0.05, 0.1) is 42.0 Å². The summed E-state index contributed by atoms with van der Waals surface area (Å²) in [7, 11) is 1.64. The highest BCUT2D eigenvalue weighted by molar-refractivity contribution is 8.03. The van der Waals surface area contributed by atoms with E-state index in [2.05, 4.69) is 11.0 Å². The number of amides is 1. The van der Waals surface area contributed by atoms with Crippen LogP contribution >= 0.6 is 11.8 Å². The predicted octanol–water partition coefficient (Wildman–Crippen LogP) is 3.91. The summed E-state index contributed by atoms with van der Waals surface area (Å²) in [6.07, 6.45) is 0.316. The molecule has 2 aromatic rings. The van der Waals surface area contributed by atoms with E-state index in [0.717, 1.165) is 22.0 Å². The number of rotatable bonds is 3. The summed E-state index contributed by atoms with van der Waals surface area (Å²) in [5.74, 6) is 1.31. The molecule has 0 spiro atoms. The molecule has 0 radical (unpaired) electrons. The summed E-state index contributed by atoms with van der Waals surface area (Å²) < 4.78 is 5.46. The van der Waals surface area contributed by atoms with Crippen molar-refractivity contribution in [3.63, 3.8) is 0 Å². The van der Waals surface area contributed by atoms with Crippen LogP contribution in [0.25, 0.3) is 0 Å². The van der Waals surface area contributed by atoms with Gasteiger partial charge < -0.3 is 9.64 Å². The molecule has 27 heavy (non-hydrogen) atoms. The number of thioether (sulfide) groups is 1. The fourth-order valence-electron chi connectivity index (χ4n) is 3.58. The molecule has 1 unspecified atom stereocenters. The molecule has 1 amide bonds. The normalized spacial score (nSPS) is 19.6. The van der Waals surface area contributed by atoms with E-state index in [0.29, 0.717) is 24.5 Å². The van der Waals surface area contributed by atoms with Crippen LogP contribution in [-0.4, -0.2) is 30.5 Å². The Morgan fingerprint density at radius 1 is 1.15 bits per heavy atom. The number of para-hydroxylation sites is 2. The standard InChI is InChI=1S/C21H19N3O2S/c1-26-19-10-6-5-9-18(19)23-13-24-20(25)11-16(15-7-3-2-4-8-15)17(12-22)21(24)27-14-23/h2-10,16H,11,13-14H2,1H3. The zero-order valence-electron chi connectivity index (χ0n) is 15.0. The van der Waals surface area contributed by atoms with Crippen molar-refractivity contribution in [3.8, 4) is 11.8 Å². The van der Waals surface area contributed by atoms with E-state index < -0.39 is 0 Å². The second-order valence-corrected chi connectivity index (χ2v) is 7.38. The molecule has 0 bridgehead atoms. The van der Waals surface area contributed by atoms with Crippen LogP contribution in [0.1, 0.15) is 17.9 Å². The second kappa shape index (κ2) is 7.37. The van der Waals surface area contributed by atoms with Gasteiger partial charge >= 0.3 is 0 Å². The van der Waals surface area contributed by atoms with E-state index in [1.54, 1.807) is 12.0 Å². The average molecular weight is 377 g/mol. The number of methoxy groups -OCH3 is 1. The first-order valence-corrected chi connectivity index (χ1v) is 9.72. The van der Waals surface area contributed by atoms with Gasteiger partial charge in [-0.05, 0) is 17.7 Å². The van der Waals surface area contributed by atoms with Crippen LogP contribution in [0.5, 0.6) is 5.75 Å². The van der Waals surface area contributed by atoms with E-state index in [1.807, 2.05) is 54.6 Å². The number of benzene rings is 2. The number of hydrogen-bond donors (Lipinski definition) is 0. The van der Waals surface area contributed by atoms with Gasteiger partial charge in [-0.2, -0.15) is 5.26 Å². The maximum atomic E-state index is 12.9. The Hall–Kier alpha value is -2.91. The Morgan fingerprint density at radius 2 is 1.89 bits per heavy atom. The number of carbonyl (C=O) groups excluding carboxylic acids is 1. The minimum Gasteiger partial charge on any atom is -0.495 e. The van der Waals surface area contributed by atoms with Crippen LogP contribution in [0.3, 0.4) is 0 Å². The molecule has 6 heteroatoms. The Balaban J connectivity index is 1.68. The Labute approximate surface area is 162 Å². The van der Waals surface area contributed by atoms with Gasteiger partial charge in [0.15, 0.2) is 0 Å². The van der Waals surface area contributed by atoms with Crippen LogP contribution in [0.4, 0.5) is 5.69 Å². The van der Waals surface area contributed by atoms with Gasteiger partial charge in [0.1, 0.15) is 5.75 Å². The Morgan fingerprint density at radius 3 is 2.63 bits per heavy atom. The number of carbonyl (C=O) groups is 1. The van der Waals surface area contributed by atoms with Gasteiger partial charge in [0, 0.05) is 12.3 Å². The van der Waals surface area contributed by atoms with Crippen molar-refractivity contribution in [2.45, 2.75) is 12.3 Å². The van der Waals surface area contributed by atoms with Crippen LogP contribution in [0.15, 0.2) is 65.2 Å². The quantitative estimate of drug-likeness (QED) is 0.812. The van der Waals surface area contributed by atoms with Gasteiger partial charge in [-0.25, -0.2) is 0 Å². The molecule has 2 aromatic carbocycles. The number of nitrogens with zero attached hydrogens (tertiary/aromatic N) is 3. The molecule has 2 heterocycles. The largest absolute Gasteiger partial charge is 0.495 e. The molecule has 2 aliphatic heterocycles. The van der Waals surface area contributed by atoms with E-state index in [1.165, 1.54) is 11.8 Å². The molecule has 4 rings (SSSR count). The number of ether oxygens (including phenoxy) is 1. The van der Waals surface area contributed by atoms with E-state index in [4.69, 9.17) is 4.74 Å². The molecule has 0 saturated carbocycles. The molecule has 1 atom stereocenters. The van der Waals surface area contributed by atoms with Crippen molar-refractivity contribution in [3.05, 3.63) is 70.8 Å². The lowest BCUT2D eigenvalue weighted by Gasteiger charge is -2.42. The summed E-state index contributed by atoms with van der Waals surface area (Å²) in [4.78, 5) is 16.8. The molecule has 136 valence electrons. The summed E-state index contributed by atoms with van der Waals surface area (Å²) >= 11 is 1.54. The maximum Gasteiger partial charge on any atom is 0.229 e. The summed E-state index contributed by atoms with van der Waals surface area (Å²) in [6, 6.07) is 20.0. The summed E-state index contributed by atoms with van der Waals surface area (Å²) in [5, 5.41) is 10.6. The Kier molecular flexibility index (Phi) is 4.78. The third-order valence-corrected chi connectivity index (χ3v) is 6.08. The van der Waals surface area contributed by atoms with Crippen LogP contribution in [0.2, 0.25) is 0 Å². The topological polar surface area (TPSA) is 56.6 Å². The molecule has 0 aromatic heterocycles. The average Bonchev–Trinajstić information content (AvgIpc) is 2.74. The van der Waals surface area contributed by atoms with Crippen LogP contribution < -0.4 is 9.64 Å². The highest BCUT2D eigenvalue weighted by atomic mass is 32.2. The van der Waals surface area contributed by atoms with E-state index >= 15 is 0 Å². The third-order valence-electron chi connectivity index (χ3n) is 4.92. The van der Waals surface area contributed by atoms with Gasteiger partial charge in [0.2, 0.25) is 5.91 Å². The second-order valence-electron chi connectivity index (χ2n) is 6.45. The molecule has 5 nitrogen and oxygen atoms in total. The first kappa shape index (κ1) is 17.5. The van der Waals surface area contributed by atoms with Gasteiger partial charge in [-0.1, -0.05) is 54.2 Å². The number of allylic oxidation sites excluding steroid dienone is 1. The molecule has 1 saturated heterocycles. The third kappa shape index (κ3) is 3.15. The smallest absolute Gasteiger partial charge is 0.229 e. The molecule has 2 aliphatic rings. The SMILES string of the molecule is COc1ccccc1N1CSC2=C(C#N)C(c3ccccc3)CC(=O)N2C1. The lowest BCUT2D eigenvalue weighted by Crippen LogP contribution is -2.47. The minimum atomic E-state index is -0.166. The lowest BCUT2D eigenvalue weighted by molar-refractivity contribution is -0.129. The molecular formula is C21H19N3O2S. The monoisotopic (exact) mass is 377 g/mol. The highest BCUT2D eigenvalue weighted by Crippen LogP contribution is 2.44. The van der Waals surface area contributed by atoms with Crippen molar-refractivity contribution < 1.29 is 9.53 Å². The maximum absolute atomic E-state index is 12.9. The molecule has 1 fully saturated rings. The molecule has 0 aliphatic carbocycles. The first-order valence-electron chi connectivity index (χ1n) is 8.73. The zero-order chi connectivity index (χ0) is 18.8. The summed E-state index contributed by atoms with van der Waals surface area (Å²) in [6.45, 7) is 0.425. The first-order chi connectivity index (χ1) is 13.2. The fourth-order valence-corrected chi connectivity index (χ4v) is 4.73. The molecular weight excluding hydrogens is 358 g/mol. The van der Waals surface area contributed by atoms with Crippen molar-refractivity contribution in [1.29, 1.82) is 5.26 Å². The van der Waals surface area contributed by atoms with E-state index in [-0.39, 0.29) is 11.8 Å². The van der Waals surface area contributed by atoms with E-state index in [9.17, 15) is 10.1 Å². The van der Waals surface area contributed by atoms with Gasteiger partial charge in [-0.15, -0.1) is 0 Å². The zero-order valence-corrected chi connectivity index (χ0v) is 15.8. The van der Waals surface area contributed by atoms with Crippen LogP contribution in [0, 0.1) is 11.3 Å². The van der Waals surface area contributed by atoms with Gasteiger partial charge in [0.25, 0.3) is 0 Å². The van der Waals surface area contributed by atoms with Crippen LogP contribution in [-0.2, 0) is 4.79 Å². The number of nitriles is 1. The lowest BCUT2D eigenvalue weighted by atomic mass is 9.86. The number of fused-ring (bicyclic) bond motifs is 1. The summed E-state index contributed by atoms with van der Waals surface area (Å²) in [5.41, 5.74) is 2.65. The highest BCUT2D eigenvalue weighted by Gasteiger charge is 2.38. The van der Waals surface area contributed by atoms with Crippen molar-refractivity contribution in [1.82, 2.24) is 4.90 Å². The van der Waals surface area contributed by atoms with Crippen molar-refractivity contribution in [2.24, 2.45) is 0 Å². The molecule has 0 N–H and O–H groups in total. The number of hydrogen-bond acceptors (Lipinski definition) is 5. The number of anilines is 1. The minimum absolute atomic E-state index is 0.0463. The van der Waals surface area contributed by atoms with Gasteiger partial charge in [-0.3, -0.25) is 9.69 Å².